The minimum atomic E-state index is -0.940. The van der Waals surface area contributed by atoms with Crippen molar-refractivity contribution in [1.82, 2.24) is 5.32 Å². The van der Waals surface area contributed by atoms with E-state index in [4.69, 9.17) is 9.52 Å². The molecule has 0 aliphatic rings. The third kappa shape index (κ3) is 4.66. The maximum atomic E-state index is 11.1. The third-order valence-electron chi connectivity index (χ3n) is 1.58. The quantitative estimate of drug-likeness (QED) is 0.705. The Bertz CT molecular complexity index is 354. The number of carboxylic acids is 1. The van der Waals surface area contributed by atoms with E-state index in [0.29, 0.717) is 5.76 Å². The highest BCUT2D eigenvalue weighted by atomic mass is 16.4. The lowest BCUT2D eigenvalue weighted by Crippen LogP contribution is -2.23. The fourth-order valence-corrected chi connectivity index (χ4v) is 0.895. The predicted molar refractivity (Wildman–Crippen MR) is 53.0 cm³/mol. The van der Waals surface area contributed by atoms with E-state index in [-0.39, 0.29) is 18.9 Å². The molecule has 0 aliphatic carbocycles. The van der Waals surface area contributed by atoms with Crippen molar-refractivity contribution in [2.24, 2.45) is 0 Å². The Morgan fingerprint density at radius 2 is 2.33 bits per heavy atom. The summed E-state index contributed by atoms with van der Waals surface area (Å²) >= 11 is 0. The molecule has 1 aromatic heterocycles. The molecule has 80 valence electrons. The maximum absolute atomic E-state index is 11.1. The first kappa shape index (κ1) is 11.0. The van der Waals surface area contributed by atoms with Crippen LogP contribution in [-0.2, 0) is 9.59 Å². The van der Waals surface area contributed by atoms with Crippen molar-refractivity contribution in [3.63, 3.8) is 0 Å². The van der Waals surface area contributed by atoms with Crippen LogP contribution in [0, 0.1) is 0 Å². The van der Waals surface area contributed by atoms with Crippen LogP contribution in [0.4, 0.5) is 0 Å². The van der Waals surface area contributed by atoms with Gasteiger partial charge in [-0.05, 0) is 18.2 Å². The van der Waals surface area contributed by atoms with Gasteiger partial charge in [0.05, 0.1) is 12.7 Å². The van der Waals surface area contributed by atoms with Crippen molar-refractivity contribution in [3.8, 4) is 0 Å². The van der Waals surface area contributed by atoms with Gasteiger partial charge in [0.1, 0.15) is 5.76 Å². The fourth-order valence-electron chi connectivity index (χ4n) is 0.895. The molecular formula is C10H11NO4. The summed E-state index contributed by atoms with van der Waals surface area (Å²) < 4.78 is 4.97. The molecule has 0 unspecified atom stereocenters. The summed E-state index contributed by atoms with van der Waals surface area (Å²) in [5, 5.41) is 10.8. The van der Waals surface area contributed by atoms with E-state index in [0.717, 1.165) is 0 Å². The van der Waals surface area contributed by atoms with Crippen LogP contribution in [0.5, 0.6) is 0 Å². The van der Waals surface area contributed by atoms with Gasteiger partial charge in [-0.15, -0.1) is 0 Å². The monoisotopic (exact) mass is 209 g/mol. The van der Waals surface area contributed by atoms with Gasteiger partial charge >= 0.3 is 5.97 Å². The molecule has 0 bridgehead atoms. The van der Waals surface area contributed by atoms with Crippen molar-refractivity contribution in [2.45, 2.75) is 6.42 Å². The Hall–Kier alpha value is -2.04. The zero-order valence-corrected chi connectivity index (χ0v) is 7.97. The second-order valence-electron chi connectivity index (χ2n) is 2.78. The summed E-state index contributed by atoms with van der Waals surface area (Å²) in [6.07, 6.45) is 4.22. The smallest absolute Gasteiger partial charge is 0.305 e. The van der Waals surface area contributed by atoms with Crippen LogP contribution >= 0.6 is 0 Å². The van der Waals surface area contributed by atoms with Gasteiger partial charge in [0, 0.05) is 12.6 Å². The standard InChI is InChI=1S/C10H11NO4/c12-9(11-6-5-10(13)14)4-3-8-2-1-7-15-8/h1-4,7H,5-6H2,(H,11,12)(H,13,14). The van der Waals surface area contributed by atoms with Gasteiger partial charge in [-0.2, -0.15) is 0 Å². The molecule has 5 nitrogen and oxygen atoms in total. The lowest BCUT2D eigenvalue weighted by molar-refractivity contribution is -0.136. The second-order valence-corrected chi connectivity index (χ2v) is 2.78. The van der Waals surface area contributed by atoms with Crippen LogP contribution in [0.25, 0.3) is 6.08 Å². The highest BCUT2D eigenvalue weighted by Crippen LogP contribution is 2.01. The van der Waals surface area contributed by atoms with E-state index in [1.165, 1.54) is 18.4 Å². The minimum absolute atomic E-state index is 0.0830. The molecule has 2 N–H and O–H groups in total. The number of rotatable bonds is 5. The van der Waals surface area contributed by atoms with Crippen molar-refractivity contribution >= 4 is 18.0 Å². The lowest BCUT2D eigenvalue weighted by Gasteiger charge is -1.97. The Kier molecular flexibility index (Phi) is 4.15. The molecule has 0 fully saturated rings. The number of carboxylic acid groups (broad SMARTS) is 1. The molecule has 0 aromatic carbocycles. The zero-order chi connectivity index (χ0) is 11.1. The van der Waals surface area contributed by atoms with Crippen LogP contribution in [0.3, 0.4) is 0 Å². The van der Waals surface area contributed by atoms with Gasteiger partial charge in [-0.25, -0.2) is 0 Å². The van der Waals surface area contributed by atoms with Crippen LogP contribution in [0.15, 0.2) is 28.9 Å². The van der Waals surface area contributed by atoms with Crippen LogP contribution < -0.4 is 5.32 Å². The molecule has 1 heterocycles. The van der Waals surface area contributed by atoms with E-state index in [1.807, 2.05) is 0 Å². The Morgan fingerprint density at radius 3 is 2.93 bits per heavy atom. The Balaban J connectivity index is 2.27. The third-order valence-corrected chi connectivity index (χ3v) is 1.58. The zero-order valence-electron chi connectivity index (χ0n) is 7.97. The highest BCUT2D eigenvalue weighted by Gasteiger charge is 1.98. The van der Waals surface area contributed by atoms with Crippen LogP contribution in [0.1, 0.15) is 12.2 Å². The number of hydrogen-bond donors (Lipinski definition) is 2. The molecule has 0 radical (unpaired) electrons. The van der Waals surface area contributed by atoms with Gasteiger partial charge in [0.25, 0.3) is 0 Å². The van der Waals surface area contributed by atoms with Crippen molar-refractivity contribution in [2.75, 3.05) is 6.54 Å². The molecule has 1 rings (SSSR count). The first-order chi connectivity index (χ1) is 7.18. The van der Waals surface area contributed by atoms with E-state index >= 15 is 0 Å². The first-order valence-electron chi connectivity index (χ1n) is 4.39. The van der Waals surface area contributed by atoms with E-state index in [9.17, 15) is 9.59 Å². The number of carbonyl (C=O) groups is 2. The summed E-state index contributed by atoms with van der Waals surface area (Å²) in [5.41, 5.74) is 0. The minimum Gasteiger partial charge on any atom is -0.481 e. The fraction of sp³-hybridized carbons (Fsp3) is 0.200. The van der Waals surface area contributed by atoms with Crippen LogP contribution in [-0.4, -0.2) is 23.5 Å². The summed E-state index contributed by atoms with van der Waals surface area (Å²) in [4.78, 5) is 21.2. The summed E-state index contributed by atoms with van der Waals surface area (Å²) in [6, 6.07) is 3.42. The number of furan rings is 1. The molecule has 1 amide bonds. The molecule has 0 atom stereocenters. The molecule has 1 aromatic rings. The molecule has 0 saturated carbocycles. The number of amides is 1. The molecular weight excluding hydrogens is 198 g/mol. The maximum Gasteiger partial charge on any atom is 0.305 e. The molecule has 5 heteroatoms. The molecule has 15 heavy (non-hydrogen) atoms. The van der Waals surface area contributed by atoms with E-state index < -0.39 is 5.97 Å². The van der Waals surface area contributed by atoms with Gasteiger partial charge in [0.15, 0.2) is 0 Å². The highest BCUT2D eigenvalue weighted by molar-refractivity contribution is 5.91. The van der Waals surface area contributed by atoms with Gasteiger partial charge in [0.2, 0.25) is 5.91 Å². The van der Waals surface area contributed by atoms with Crippen molar-refractivity contribution in [3.05, 3.63) is 30.2 Å². The largest absolute Gasteiger partial charge is 0.481 e. The first-order valence-corrected chi connectivity index (χ1v) is 4.39. The lowest BCUT2D eigenvalue weighted by atomic mass is 10.3. The Labute approximate surface area is 86.4 Å². The van der Waals surface area contributed by atoms with Gasteiger partial charge in [-0.3, -0.25) is 9.59 Å². The van der Waals surface area contributed by atoms with Gasteiger partial charge in [-0.1, -0.05) is 0 Å². The topological polar surface area (TPSA) is 79.5 Å². The summed E-state index contributed by atoms with van der Waals surface area (Å²) in [6.45, 7) is 0.122. The van der Waals surface area contributed by atoms with Crippen LogP contribution in [0.2, 0.25) is 0 Å². The molecule has 0 aliphatic heterocycles. The number of hydrogen-bond acceptors (Lipinski definition) is 3. The van der Waals surface area contributed by atoms with Gasteiger partial charge < -0.3 is 14.8 Å². The number of nitrogens with one attached hydrogen (secondary N) is 1. The number of aliphatic carboxylic acids is 1. The van der Waals surface area contributed by atoms with Crippen molar-refractivity contribution < 1.29 is 19.1 Å². The predicted octanol–water partition coefficient (Wildman–Crippen LogP) is 0.884. The molecule has 0 spiro atoms. The normalized spacial score (nSPS) is 10.4. The van der Waals surface area contributed by atoms with E-state index in [1.54, 1.807) is 12.1 Å². The SMILES string of the molecule is O=C(O)CCNC(=O)C=Cc1ccco1. The van der Waals surface area contributed by atoms with Crippen molar-refractivity contribution in [1.29, 1.82) is 0 Å². The Morgan fingerprint density at radius 1 is 1.53 bits per heavy atom. The molecule has 0 saturated heterocycles. The average molecular weight is 209 g/mol. The van der Waals surface area contributed by atoms with E-state index in [2.05, 4.69) is 5.32 Å². The average Bonchev–Trinajstić information content (AvgIpc) is 2.66. The number of carbonyl (C=O) groups excluding carboxylic acids is 1. The second kappa shape index (κ2) is 5.64. The summed E-state index contributed by atoms with van der Waals surface area (Å²) in [5.74, 6) is -0.707. The summed E-state index contributed by atoms with van der Waals surface area (Å²) in [7, 11) is 0.